The van der Waals surface area contributed by atoms with E-state index in [0.717, 1.165) is 36.4 Å². The lowest BCUT2D eigenvalue weighted by molar-refractivity contribution is -0.121. The molecule has 2 aromatic carbocycles. The van der Waals surface area contributed by atoms with Gasteiger partial charge < -0.3 is 19.3 Å². The predicted octanol–water partition coefficient (Wildman–Crippen LogP) is 4.16. The molecule has 1 aromatic heterocycles. The normalized spacial score (nSPS) is 16.2. The highest BCUT2D eigenvalue weighted by Gasteiger charge is 2.27. The molecule has 2 heterocycles. The number of ether oxygens (including phenoxy) is 2. The lowest BCUT2D eigenvalue weighted by atomic mass is 9.97. The standard InChI is InChI=1S/C25H28N4O4/c1-3-14-32-22-8-4-7-20(15-22)26-25(30)19-6-5-13-29(16-19)17-23-27-24(28-33-23)18-9-11-21(31-2)12-10-18/h3-4,7-12,15,19H,1,5-6,13-14,16-17H2,2H3,(H,26,30). The molecular formula is C25H28N4O4. The van der Waals surface area contributed by atoms with Crippen molar-refractivity contribution in [3.8, 4) is 22.9 Å². The van der Waals surface area contributed by atoms with E-state index in [1.54, 1.807) is 13.2 Å². The Morgan fingerprint density at radius 2 is 2.12 bits per heavy atom. The summed E-state index contributed by atoms with van der Waals surface area (Å²) in [6, 6.07) is 14.9. The SMILES string of the molecule is C=CCOc1cccc(NC(=O)C2CCCN(Cc3nc(-c4ccc(OC)cc4)no3)C2)c1. The largest absolute Gasteiger partial charge is 0.497 e. The van der Waals surface area contributed by atoms with Crippen molar-refractivity contribution in [3.63, 3.8) is 0 Å². The molecule has 0 bridgehead atoms. The number of hydrogen-bond acceptors (Lipinski definition) is 7. The van der Waals surface area contributed by atoms with E-state index in [-0.39, 0.29) is 11.8 Å². The van der Waals surface area contributed by atoms with E-state index >= 15 is 0 Å². The molecule has 1 fully saturated rings. The van der Waals surface area contributed by atoms with Crippen molar-refractivity contribution >= 4 is 11.6 Å². The van der Waals surface area contributed by atoms with Gasteiger partial charge in [0.15, 0.2) is 0 Å². The first-order valence-corrected chi connectivity index (χ1v) is 11.0. The highest BCUT2D eigenvalue weighted by molar-refractivity contribution is 5.92. The summed E-state index contributed by atoms with van der Waals surface area (Å²) in [4.78, 5) is 19.6. The van der Waals surface area contributed by atoms with Crippen molar-refractivity contribution < 1.29 is 18.8 Å². The van der Waals surface area contributed by atoms with Gasteiger partial charge in [0.1, 0.15) is 18.1 Å². The van der Waals surface area contributed by atoms with Crippen LogP contribution in [0.4, 0.5) is 5.69 Å². The highest BCUT2D eigenvalue weighted by Crippen LogP contribution is 2.24. The van der Waals surface area contributed by atoms with Crippen molar-refractivity contribution in [2.24, 2.45) is 5.92 Å². The Kier molecular flexibility index (Phi) is 7.36. The van der Waals surface area contributed by atoms with Crippen LogP contribution in [0.1, 0.15) is 18.7 Å². The summed E-state index contributed by atoms with van der Waals surface area (Å²) in [6.07, 6.45) is 3.46. The number of rotatable bonds is 9. The second-order valence-electron chi connectivity index (χ2n) is 7.93. The van der Waals surface area contributed by atoms with Gasteiger partial charge in [-0.15, -0.1) is 0 Å². The maximum absolute atomic E-state index is 12.9. The van der Waals surface area contributed by atoms with Crippen LogP contribution in [0.2, 0.25) is 0 Å². The van der Waals surface area contributed by atoms with Gasteiger partial charge in [-0.1, -0.05) is 23.9 Å². The Labute approximate surface area is 193 Å². The van der Waals surface area contributed by atoms with Crippen molar-refractivity contribution in [2.45, 2.75) is 19.4 Å². The second-order valence-corrected chi connectivity index (χ2v) is 7.93. The van der Waals surface area contributed by atoms with Gasteiger partial charge in [-0.3, -0.25) is 9.69 Å². The molecular weight excluding hydrogens is 420 g/mol. The molecule has 0 radical (unpaired) electrons. The molecule has 1 atom stereocenters. The Hall–Kier alpha value is -3.65. The zero-order chi connectivity index (χ0) is 23.0. The predicted molar refractivity (Wildman–Crippen MR) is 125 cm³/mol. The van der Waals surface area contributed by atoms with E-state index < -0.39 is 0 Å². The van der Waals surface area contributed by atoms with Gasteiger partial charge in [0.05, 0.1) is 19.6 Å². The van der Waals surface area contributed by atoms with Crippen LogP contribution in [-0.2, 0) is 11.3 Å². The summed E-state index contributed by atoms with van der Waals surface area (Å²) < 4.78 is 16.2. The van der Waals surface area contributed by atoms with Crippen LogP contribution in [0.15, 0.2) is 65.7 Å². The van der Waals surface area contributed by atoms with Crippen molar-refractivity contribution in [1.29, 1.82) is 0 Å². The smallest absolute Gasteiger partial charge is 0.241 e. The van der Waals surface area contributed by atoms with Crippen molar-refractivity contribution in [1.82, 2.24) is 15.0 Å². The van der Waals surface area contributed by atoms with Crippen LogP contribution in [0, 0.1) is 5.92 Å². The lowest BCUT2D eigenvalue weighted by Gasteiger charge is -2.30. The van der Waals surface area contributed by atoms with Crippen LogP contribution in [0.25, 0.3) is 11.4 Å². The number of amides is 1. The fraction of sp³-hybridized carbons (Fsp3) is 0.320. The molecule has 172 valence electrons. The van der Waals surface area contributed by atoms with Crippen LogP contribution >= 0.6 is 0 Å². The monoisotopic (exact) mass is 448 g/mol. The number of aromatic nitrogens is 2. The lowest BCUT2D eigenvalue weighted by Crippen LogP contribution is -2.40. The van der Waals surface area contributed by atoms with Gasteiger partial charge in [0.2, 0.25) is 17.6 Å². The summed E-state index contributed by atoms with van der Waals surface area (Å²) in [6.45, 7) is 6.10. The Bertz CT molecular complexity index is 1080. The Morgan fingerprint density at radius 3 is 2.91 bits per heavy atom. The van der Waals surface area contributed by atoms with E-state index in [1.165, 1.54) is 0 Å². The summed E-state index contributed by atoms with van der Waals surface area (Å²) in [5.74, 6) is 2.44. The van der Waals surface area contributed by atoms with E-state index in [9.17, 15) is 4.79 Å². The minimum atomic E-state index is -0.111. The second kappa shape index (κ2) is 10.8. The molecule has 8 heteroatoms. The number of carbonyl (C=O) groups excluding carboxylic acids is 1. The molecule has 1 aliphatic rings. The van der Waals surface area contributed by atoms with Crippen LogP contribution in [0.5, 0.6) is 11.5 Å². The minimum absolute atomic E-state index is 0.00465. The van der Waals surface area contributed by atoms with Gasteiger partial charge in [-0.05, 0) is 55.8 Å². The number of benzene rings is 2. The number of nitrogens with one attached hydrogen (secondary N) is 1. The molecule has 4 rings (SSSR count). The molecule has 1 saturated heterocycles. The zero-order valence-corrected chi connectivity index (χ0v) is 18.7. The number of carbonyl (C=O) groups is 1. The maximum atomic E-state index is 12.9. The first-order chi connectivity index (χ1) is 16.1. The van der Waals surface area contributed by atoms with Crippen molar-refractivity contribution in [3.05, 3.63) is 67.1 Å². The van der Waals surface area contributed by atoms with Crippen LogP contribution in [-0.4, -0.2) is 47.8 Å². The molecule has 8 nitrogen and oxygen atoms in total. The van der Waals surface area contributed by atoms with E-state index in [2.05, 4.69) is 26.9 Å². The van der Waals surface area contributed by atoms with Crippen molar-refractivity contribution in [2.75, 3.05) is 32.1 Å². The number of likely N-dealkylation sites (tertiary alicyclic amines) is 1. The Balaban J connectivity index is 1.33. The number of methoxy groups -OCH3 is 1. The zero-order valence-electron chi connectivity index (χ0n) is 18.7. The van der Waals surface area contributed by atoms with Gasteiger partial charge >= 0.3 is 0 Å². The third kappa shape index (κ3) is 5.98. The van der Waals surface area contributed by atoms with E-state index in [4.69, 9.17) is 14.0 Å². The molecule has 3 aromatic rings. The summed E-state index contributed by atoms with van der Waals surface area (Å²) >= 11 is 0. The molecule has 0 aliphatic carbocycles. The third-order valence-corrected chi connectivity index (χ3v) is 5.52. The molecule has 33 heavy (non-hydrogen) atoms. The summed E-state index contributed by atoms with van der Waals surface area (Å²) in [5.41, 5.74) is 1.58. The average molecular weight is 449 g/mol. The van der Waals surface area contributed by atoms with Crippen LogP contribution < -0.4 is 14.8 Å². The summed E-state index contributed by atoms with van der Waals surface area (Å²) in [5, 5.41) is 7.11. The van der Waals surface area contributed by atoms with Gasteiger partial charge in [0.25, 0.3) is 0 Å². The van der Waals surface area contributed by atoms with Gasteiger partial charge in [-0.25, -0.2) is 0 Å². The first-order valence-electron chi connectivity index (χ1n) is 11.0. The number of nitrogens with zero attached hydrogens (tertiary/aromatic N) is 3. The number of piperidine rings is 1. The molecule has 1 amide bonds. The molecule has 0 saturated carbocycles. The summed E-state index contributed by atoms with van der Waals surface area (Å²) in [7, 11) is 1.63. The fourth-order valence-electron chi connectivity index (χ4n) is 3.84. The minimum Gasteiger partial charge on any atom is -0.497 e. The molecule has 1 aliphatic heterocycles. The van der Waals surface area contributed by atoms with Crippen LogP contribution in [0.3, 0.4) is 0 Å². The molecule has 1 N–H and O–H groups in total. The average Bonchev–Trinajstić information content (AvgIpc) is 3.31. The maximum Gasteiger partial charge on any atom is 0.241 e. The number of anilines is 1. The Morgan fingerprint density at radius 1 is 1.27 bits per heavy atom. The highest BCUT2D eigenvalue weighted by atomic mass is 16.5. The molecule has 1 unspecified atom stereocenters. The topological polar surface area (TPSA) is 89.7 Å². The van der Waals surface area contributed by atoms with E-state index in [0.29, 0.717) is 37.2 Å². The third-order valence-electron chi connectivity index (χ3n) is 5.52. The van der Waals surface area contributed by atoms with Gasteiger partial charge in [-0.2, -0.15) is 4.98 Å². The molecule has 0 spiro atoms. The first kappa shape index (κ1) is 22.5. The van der Waals surface area contributed by atoms with Gasteiger partial charge in [0, 0.05) is 23.9 Å². The quantitative estimate of drug-likeness (QED) is 0.492. The van der Waals surface area contributed by atoms with E-state index in [1.807, 2.05) is 48.5 Å². The fourth-order valence-corrected chi connectivity index (χ4v) is 3.84. The number of hydrogen-bond donors (Lipinski definition) is 1.